The molecule has 6 heteroatoms. The van der Waals surface area contributed by atoms with Crippen LogP contribution in [0.5, 0.6) is 0 Å². The van der Waals surface area contributed by atoms with Crippen LogP contribution in [0.15, 0.2) is 36.4 Å². The van der Waals surface area contributed by atoms with Crippen molar-refractivity contribution >= 4 is 23.5 Å². The molecule has 1 aromatic carbocycles. The van der Waals surface area contributed by atoms with Crippen molar-refractivity contribution in [2.75, 3.05) is 12.0 Å². The monoisotopic (exact) mass is 313 g/mol. The van der Waals surface area contributed by atoms with E-state index in [1.54, 1.807) is 18.2 Å². The van der Waals surface area contributed by atoms with Gasteiger partial charge in [-0.25, -0.2) is 9.69 Å². The predicted octanol–water partition coefficient (Wildman–Crippen LogP) is 1.31. The summed E-state index contributed by atoms with van der Waals surface area (Å²) in [5, 5.41) is 0. The number of carbonyl (C=O) groups excluding carboxylic acids is 3. The zero-order chi connectivity index (χ0) is 16.4. The minimum absolute atomic E-state index is 0.278. The van der Waals surface area contributed by atoms with Gasteiger partial charge in [0.05, 0.1) is 41.9 Å². The lowest BCUT2D eigenvalue weighted by Crippen LogP contribution is -2.38. The molecular formula is C17H15NO5. The highest BCUT2D eigenvalue weighted by Crippen LogP contribution is 2.52. The van der Waals surface area contributed by atoms with Crippen molar-refractivity contribution in [2.45, 2.75) is 18.6 Å². The Balaban J connectivity index is 1.73. The Morgan fingerprint density at radius 2 is 2.09 bits per heavy atom. The predicted molar refractivity (Wildman–Crippen MR) is 79.7 cm³/mol. The van der Waals surface area contributed by atoms with Gasteiger partial charge in [0, 0.05) is 0 Å². The lowest BCUT2D eigenvalue weighted by Gasteiger charge is -2.24. The van der Waals surface area contributed by atoms with Crippen LogP contribution in [-0.4, -0.2) is 36.6 Å². The third-order valence-electron chi connectivity index (χ3n) is 4.85. The molecule has 3 heterocycles. The number of hydrogen-bond donors (Lipinski definition) is 0. The number of esters is 1. The number of benzene rings is 1. The van der Waals surface area contributed by atoms with Gasteiger partial charge >= 0.3 is 5.97 Å². The summed E-state index contributed by atoms with van der Waals surface area (Å²) < 4.78 is 10.5. The summed E-state index contributed by atoms with van der Waals surface area (Å²) in [5.74, 6) is -2.06. The molecule has 4 atom stereocenters. The maximum Gasteiger partial charge on any atom is 0.337 e. The first-order chi connectivity index (χ1) is 11.0. The summed E-state index contributed by atoms with van der Waals surface area (Å²) in [6.45, 7) is 1.83. The number of fused-ring (bicyclic) bond motifs is 5. The lowest BCUT2D eigenvalue weighted by atomic mass is 9.78. The number of anilines is 1. The fourth-order valence-electron chi connectivity index (χ4n) is 3.80. The van der Waals surface area contributed by atoms with Crippen LogP contribution in [-0.2, 0) is 19.1 Å². The SMILES string of the molecule is COC(=O)c1cccc(N2C(=O)[C@H]3[C@@H]4C=C[C@@](C)(O4)[C@H]3C2=O)c1. The van der Waals surface area contributed by atoms with Crippen molar-refractivity contribution in [1.29, 1.82) is 0 Å². The minimum atomic E-state index is -0.725. The van der Waals surface area contributed by atoms with Crippen LogP contribution < -0.4 is 4.90 Å². The molecule has 0 spiro atoms. The number of amides is 2. The number of ether oxygens (including phenoxy) is 2. The topological polar surface area (TPSA) is 72.9 Å². The molecule has 118 valence electrons. The third-order valence-corrected chi connectivity index (χ3v) is 4.85. The van der Waals surface area contributed by atoms with Crippen LogP contribution in [0.1, 0.15) is 17.3 Å². The fraction of sp³-hybridized carbons (Fsp3) is 0.353. The molecule has 0 aliphatic carbocycles. The number of hydrogen-bond acceptors (Lipinski definition) is 5. The first-order valence-corrected chi connectivity index (χ1v) is 7.39. The van der Waals surface area contributed by atoms with E-state index in [4.69, 9.17) is 4.74 Å². The Morgan fingerprint density at radius 3 is 2.78 bits per heavy atom. The number of methoxy groups -OCH3 is 1. The summed E-state index contributed by atoms with van der Waals surface area (Å²) in [6.07, 6.45) is 3.36. The lowest BCUT2D eigenvalue weighted by molar-refractivity contribution is -0.126. The summed E-state index contributed by atoms with van der Waals surface area (Å²) in [4.78, 5) is 38.4. The number of nitrogens with zero attached hydrogens (tertiary/aromatic N) is 1. The van der Waals surface area contributed by atoms with Crippen molar-refractivity contribution in [1.82, 2.24) is 0 Å². The average Bonchev–Trinajstić information content (AvgIpc) is 3.15. The van der Waals surface area contributed by atoms with E-state index in [0.717, 1.165) is 0 Å². The number of imide groups is 1. The molecule has 1 aromatic rings. The van der Waals surface area contributed by atoms with E-state index < -0.39 is 23.4 Å². The molecule has 2 amide bonds. The molecule has 4 rings (SSSR count). The Labute approximate surface area is 132 Å². The Kier molecular flexibility index (Phi) is 2.78. The standard InChI is InChI=1S/C17H15NO5/c1-17-7-6-11(23-17)12-13(17)15(20)18(14(12)19)10-5-3-4-9(8-10)16(21)22-2/h3-8,11-13H,1-2H3/t11-,12-,13+,17+/m0/s1. The zero-order valence-corrected chi connectivity index (χ0v) is 12.7. The van der Waals surface area contributed by atoms with Gasteiger partial charge in [-0.1, -0.05) is 18.2 Å². The van der Waals surface area contributed by atoms with Gasteiger partial charge in [-0.05, 0) is 25.1 Å². The molecule has 0 unspecified atom stereocenters. The molecule has 2 fully saturated rings. The van der Waals surface area contributed by atoms with Gasteiger partial charge in [0.15, 0.2) is 0 Å². The highest BCUT2D eigenvalue weighted by atomic mass is 16.5. The van der Waals surface area contributed by atoms with Crippen molar-refractivity contribution in [3.05, 3.63) is 42.0 Å². The highest BCUT2D eigenvalue weighted by molar-refractivity contribution is 6.23. The number of rotatable bonds is 2. The number of carbonyl (C=O) groups is 3. The largest absolute Gasteiger partial charge is 0.465 e. The normalized spacial score (nSPS) is 34.2. The maximum atomic E-state index is 12.8. The molecule has 3 aliphatic heterocycles. The average molecular weight is 313 g/mol. The van der Waals surface area contributed by atoms with Gasteiger partial charge in [0.1, 0.15) is 0 Å². The van der Waals surface area contributed by atoms with Crippen LogP contribution in [0.25, 0.3) is 0 Å². The second-order valence-corrected chi connectivity index (χ2v) is 6.18. The second kappa shape index (κ2) is 4.52. The summed E-state index contributed by atoms with van der Waals surface area (Å²) in [5.41, 5.74) is -0.0388. The highest BCUT2D eigenvalue weighted by Gasteiger charge is 2.66. The van der Waals surface area contributed by atoms with E-state index in [2.05, 4.69) is 4.74 Å². The van der Waals surface area contributed by atoms with Crippen molar-refractivity contribution in [3.63, 3.8) is 0 Å². The van der Waals surface area contributed by atoms with Gasteiger partial charge in [-0.2, -0.15) is 0 Å². The van der Waals surface area contributed by atoms with Crippen LogP contribution in [0.2, 0.25) is 0 Å². The summed E-state index contributed by atoms with van der Waals surface area (Å²) in [7, 11) is 1.28. The summed E-state index contributed by atoms with van der Waals surface area (Å²) in [6, 6.07) is 6.35. The Bertz CT molecular complexity index is 770. The van der Waals surface area contributed by atoms with Crippen LogP contribution >= 0.6 is 0 Å². The molecule has 0 radical (unpaired) electrons. The zero-order valence-electron chi connectivity index (χ0n) is 12.7. The first-order valence-electron chi connectivity index (χ1n) is 7.39. The Hall–Kier alpha value is -2.47. The van der Waals surface area contributed by atoms with Gasteiger partial charge in [0.2, 0.25) is 11.8 Å². The molecule has 3 aliphatic rings. The quantitative estimate of drug-likeness (QED) is 0.467. The van der Waals surface area contributed by atoms with Crippen LogP contribution in [0.3, 0.4) is 0 Å². The second-order valence-electron chi connectivity index (χ2n) is 6.18. The van der Waals surface area contributed by atoms with E-state index >= 15 is 0 Å². The van der Waals surface area contributed by atoms with E-state index in [1.165, 1.54) is 18.1 Å². The third kappa shape index (κ3) is 1.75. The van der Waals surface area contributed by atoms with Gasteiger partial charge < -0.3 is 9.47 Å². The molecular weight excluding hydrogens is 298 g/mol. The smallest absolute Gasteiger partial charge is 0.337 e. The van der Waals surface area contributed by atoms with Crippen molar-refractivity contribution in [2.24, 2.45) is 11.8 Å². The molecule has 0 N–H and O–H groups in total. The fourth-order valence-corrected chi connectivity index (χ4v) is 3.80. The molecule has 6 nitrogen and oxygen atoms in total. The van der Waals surface area contributed by atoms with Crippen LogP contribution in [0, 0.1) is 11.8 Å². The van der Waals surface area contributed by atoms with Gasteiger partial charge in [-0.3, -0.25) is 9.59 Å². The Morgan fingerprint density at radius 1 is 1.30 bits per heavy atom. The molecule has 0 saturated carbocycles. The molecule has 2 saturated heterocycles. The van der Waals surface area contributed by atoms with E-state index in [-0.39, 0.29) is 17.9 Å². The van der Waals surface area contributed by atoms with Gasteiger partial charge in [0.25, 0.3) is 0 Å². The van der Waals surface area contributed by atoms with E-state index in [9.17, 15) is 14.4 Å². The van der Waals surface area contributed by atoms with Crippen molar-refractivity contribution in [3.8, 4) is 0 Å². The van der Waals surface area contributed by atoms with Crippen LogP contribution in [0.4, 0.5) is 5.69 Å². The van der Waals surface area contributed by atoms with E-state index in [0.29, 0.717) is 11.3 Å². The summed E-state index contributed by atoms with van der Waals surface area (Å²) >= 11 is 0. The molecule has 23 heavy (non-hydrogen) atoms. The molecule has 0 aromatic heterocycles. The minimum Gasteiger partial charge on any atom is -0.465 e. The van der Waals surface area contributed by atoms with E-state index in [1.807, 2.05) is 19.1 Å². The molecule has 2 bridgehead atoms. The maximum absolute atomic E-state index is 12.8. The first kappa shape index (κ1) is 14.1. The van der Waals surface area contributed by atoms with Crippen molar-refractivity contribution < 1.29 is 23.9 Å². The van der Waals surface area contributed by atoms with Gasteiger partial charge in [-0.15, -0.1) is 0 Å².